The van der Waals surface area contributed by atoms with Gasteiger partial charge in [0.05, 0.1) is 0 Å². The number of hydrogen-bond acceptors (Lipinski definition) is 3. The lowest BCUT2D eigenvalue weighted by Crippen LogP contribution is -2.10. The molecule has 0 saturated heterocycles. The highest BCUT2D eigenvalue weighted by atomic mass is 35.5. The van der Waals surface area contributed by atoms with E-state index in [0.717, 1.165) is 5.56 Å². The first-order valence-electron chi connectivity index (χ1n) is 7.31. The third-order valence-electron chi connectivity index (χ3n) is 3.51. The van der Waals surface area contributed by atoms with Crippen LogP contribution in [0.1, 0.15) is 27.8 Å². The molecule has 0 fully saturated rings. The summed E-state index contributed by atoms with van der Waals surface area (Å²) < 4.78 is 5.60. The molecule has 0 aliphatic heterocycles. The van der Waals surface area contributed by atoms with Crippen LogP contribution in [0.3, 0.4) is 0 Å². The summed E-state index contributed by atoms with van der Waals surface area (Å²) in [5.41, 5.74) is 2.06. The average molecular weight is 340 g/mol. The Bertz CT molecular complexity index is 880. The minimum absolute atomic E-state index is 0.00373. The van der Waals surface area contributed by atoms with Crippen LogP contribution in [0.2, 0.25) is 5.02 Å². The number of carbonyl (C=O) groups excluding carboxylic acids is 2. The maximum atomic E-state index is 12.2. The monoisotopic (exact) mass is 339 g/mol. The number of rotatable bonds is 4. The number of halogens is 1. The summed E-state index contributed by atoms with van der Waals surface area (Å²) in [4.78, 5) is 23.5. The van der Waals surface area contributed by atoms with Crippen molar-refractivity contribution in [1.82, 2.24) is 0 Å². The van der Waals surface area contributed by atoms with E-state index in [1.165, 1.54) is 6.92 Å². The molecular weight excluding hydrogens is 326 g/mol. The molecule has 0 bridgehead atoms. The number of hydrogen-bond donors (Lipinski definition) is 1. The van der Waals surface area contributed by atoms with E-state index in [-0.39, 0.29) is 17.5 Å². The summed E-state index contributed by atoms with van der Waals surface area (Å²) in [5, 5.41) is 3.34. The van der Waals surface area contributed by atoms with Crippen molar-refractivity contribution in [3.63, 3.8) is 0 Å². The number of ketones is 1. The van der Waals surface area contributed by atoms with E-state index in [0.29, 0.717) is 22.0 Å². The molecule has 0 radical (unpaired) electrons. The van der Waals surface area contributed by atoms with Gasteiger partial charge in [-0.15, -0.1) is 0 Å². The highest BCUT2D eigenvalue weighted by molar-refractivity contribution is 6.30. The van der Waals surface area contributed by atoms with Gasteiger partial charge in [0.15, 0.2) is 11.5 Å². The van der Waals surface area contributed by atoms with Gasteiger partial charge in [-0.05, 0) is 43.3 Å². The van der Waals surface area contributed by atoms with Crippen LogP contribution in [0.5, 0.6) is 0 Å². The standard InChI is InChI=1S/C19H14ClNO3/c1-12(22)13-2-4-14(5-3-13)17-10-11-18(24-17)19(23)21-16-8-6-15(20)7-9-16/h2-11H,1H3,(H,21,23). The zero-order chi connectivity index (χ0) is 17.1. The van der Waals surface area contributed by atoms with Gasteiger partial charge in [-0.1, -0.05) is 35.9 Å². The second-order valence-corrected chi connectivity index (χ2v) is 5.69. The predicted octanol–water partition coefficient (Wildman–Crippen LogP) is 5.05. The van der Waals surface area contributed by atoms with E-state index in [9.17, 15) is 9.59 Å². The van der Waals surface area contributed by atoms with Gasteiger partial charge >= 0.3 is 0 Å². The Morgan fingerprint density at radius 1 is 0.917 bits per heavy atom. The molecule has 24 heavy (non-hydrogen) atoms. The van der Waals surface area contributed by atoms with Gasteiger partial charge in [-0.2, -0.15) is 0 Å². The van der Waals surface area contributed by atoms with E-state index in [2.05, 4.69) is 5.32 Å². The molecule has 0 aliphatic rings. The first-order chi connectivity index (χ1) is 11.5. The third kappa shape index (κ3) is 3.55. The van der Waals surface area contributed by atoms with Crippen LogP contribution in [0.15, 0.2) is 65.1 Å². The van der Waals surface area contributed by atoms with Gasteiger partial charge in [0.25, 0.3) is 5.91 Å². The van der Waals surface area contributed by atoms with Crippen molar-refractivity contribution in [2.75, 3.05) is 5.32 Å². The Morgan fingerprint density at radius 2 is 1.58 bits per heavy atom. The molecule has 4 nitrogen and oxygen atoms in total. The largest absolute Gasteiger partial charge is 0.451 e. The maximum absolute atomic E-state index is 12.2. The first-order valence-corrected chi connectivity index (χ1v) is 7.69. The molecule has 3 rings (SSSR count). The highest BCUT2D eigenvalue weighted by Gasteiger charge is 2.13. The Balaban J connectivity index is 1.75. The molecule has 2 aromatic carbocycles. The molecule has 3 aromatic rings. The van der Waals surface area contributed by atoms with Crippen LogP contribution in [0, 0.1) is 0 Å². The van der Waals surface area contributed by atoms with Gasteiger partial charge < -0.3 is 9.73 Å². The lowest BCUT2D eigenvalue weighted by atomic mass is 10.1. The molecule has 0 aliphatic carbocycles. The van der Waals surface area contributed by atoms with Crippen LogP contribution >= 0.6 is 11.6 Å². The van der Waals surface area contributed by atoms with Gasteiger partial charge in [0, 0.05) is 21.8 Å². The molecular formula is C19H14ClNO3. The molecule has 120 valence electrons. The van der Waals surface area contributed by atoms with Gasteiger partial charge in [-0.3, -0.25) is 9.59 Å². The molecule has 1 heterocycles. The van der Waals surface area contributed by atoms with Crippen molar-refractivity contribution < 1.29 is 14.0 Å². The SMILES string of the molecule is CC(=O)c1ccc(-c2ccc(C(=O)Nc3ccc(Cl)cc3)o2)cc1. The number of nitrogens with one attached hydrogen (secondary N) is 1. The number of amides is 1. The number of Topliss-reactive ketones (excluding diaryl/α,β-unsaturated/α-hetero) is 1. The van der Waals surface area contributed by atoms with Crippen LogP contribution in [0.4, 0.5) is 5.69 Å². The van der Waals surface area contributed by atoms with E-state index in [1.807, 2.05) is 0 Å². The summed E-state index contributed by atoms with van der Waals surface area (Å²) in [6, 6.07) is 17.2. The topological polar surface area (TPSA) is 59.3 Å². The van der Waals surface area contributed by atoms with E-state index >= 15 is 0 Å². The highest BCUT2D eigenvalue weighted by Crippen LogP contribution is 2.23. The molecule has 0 spiro atoms. The van der Waals surface area contributed by atoms with Crippen molar-refractivity contribution in [3.05, 3.63) is 77.0 Å². The van der Waals surface area contributed by atoms with E-state index in [4.69, 9.17) is 16.0 Å². The smallest absolute Gasteiger partial charge is 0.291 e. The first kappa shape index (κ1) is 16.0. The summed E-state index contributed by atoms with van der Waals surface area (Å²) in [7, 11) is 0. The molecule has 1 amide bonds. The molecule has 1 aromatic heterocycles. The zero-order valence-electron chi connectivity index (χ0n) is 12.9. The van der Waals surface area contributed by atoms with Crippen molar-refractivity contribution in [3.8, 4) is 11.3 Å². The number of benzene rings is 2. The van der Waals surface area contributed by atoms with Crippen LogP contribution < -0.4 is 5.32 Å². The molecule has 0 saturated carbocycles. The molecule has 0 atom stereocenters. The second kappa shape index (κ2) is 6.72. The summed E-state index contributed by atoms with van der Waals surface area (Å²) in [6.45, 7) is 1.51. The van der Waals surface area contributed by atoms with Crippen LogP contribution in [-0.4, -0.2) is 11.7 Å². The van der Waals surface area contributed by atoms with Crippen LogP contribution in [-0.2, 0) is 0 Å². The van der Waals surface area contributed by atoms with E-state index in [1.54, 1.807) is 60.7 Å². The second-order valence-electron chi connectivity index (χ2n) is 5.26. The van der Waals surface area contributed by atoms with Crippen molar-refractivity contribution in [2.24, 2.45) is 0 Å². The maximum Gasteiger partial charge on any atom is 0.291 e. The minimum Gasteiger partial charge on any atom is -0.451 e. The normalized spacial score (nSPS) is 10.4. The fraction of sp³-hybridized carbons (Fsp3) is 0.0526. The number of carbonyl (C=O) groups is 2. The fourth-order valence-electron chi connectivity index (χ4n) is 2.21. The van der Waals surface area contributed by atoms with Gasteiger partial charge in [0.1, 0.15) is 5.76 Å². The molecule has 5 heteroatoms. The number of furan rings is 1. The summed E-state index contributed by atoms with van der Waals surface area (Å²) in [6.07, 6.45) is 0. The fourth-order valence-corrected chi connectivity index (χ4v) is 2.34. The predicted molar refractivity (Wildman–Crippen MR) is 93.6 cm³/mol. The van der Waals surface area contributed by atoms with Crippen molar-refractivity contribution in [2.45, 2.75) is 6.92 Å². The van der Waals surface area contributed by atoms with Crippen molar-refractivity contribution in [1.29, 1.82) is 0 Å². The lowest BCUT2D eigenvalue weighted by Gasteiger charge is -2.03. The Labute approximate surface area is 144 Å². The Hall–Kier alpha value is -2.85. The third-order valence-corrected chi connectivity index (χ3v) is 3.76. The zero-order valence-corrected chi connectivity index (χ0v) is 13.6. The molecule has 1 N–H and O–H groups in total. The van der Waals surface area contributed by atoms with Crippen molar-refractivity contribution >= 4 is 29.0 Å². The molecule has 0 unspecified atom stereocenters. The van der Waals surface area contributed by atoms with Gasteiger partial charge in [0.2, 0.25) is 0 Å². The summed E-state index contributed by atoms with van der Waals surface area (Å²) >= 11 is 5.81. The quantitative estimate of drug-likeness (QED) is 0.676. The number of anilines is 1. The lowest BCUT2D eigenvalue weighted by molar-refractivity contribution is 0.0994. The van der Waals surface area contributed by atoms with Gasteiger partial charge in [-0.25, -0.2) is 0 Å². The summed E-state index contributed by atoms with van der Waals surface area (Å²) in [5.74, 6) is 0.426. The van der Waals surface area contributed by atoms with E-state index < -0.39 is 0 Å². The van der Waals surface area contributed by atoms with Crippen LogP contribution in [0.25, 0.3) is 11.3 Å². The minimum atomic E-state index is -0.344. The Kier molecular flexibility index (Phi) is 4.49. The average Bonchev–Trinajstić information content (AvgIpc) is 3.07. The Morgan fingerprint density at radius 3 is 2.21 bits per heavy atom.